The molecule has 154 valence electrons. The van der Waals surface area contributed by atoms with Gasteiger partial charge in [0, 0.05) is 31.5 Å². The van der Waals surface area contributed by atoms with E-state index in [1.165, 1.54) is 25.7 Å². The lowest BCUT2D eigenvalue weighted by atomic mass is 9.86. The fourth-order valence-corrected chi connectivity index (χ4v) is 3.76. The number of carbonyl (C=O) groups is 1. The standard InChI is InChI=1S/C22H28N4O3/c27-20(26-13-2-1-3-14-26)12-11-19-22(28)23-21(25-24-19)17-7-9-18(10-8-17)29-15-16-5-4-6-16/h7-10,16H,1-6,11-15H2,(H,23,25,28). The molecule has 1 saturated heterocycles. The Morgan fingerprint density at radius 3 is 2.48 bits per heavy atom. The normalized spacial score (nSPS) is 17.0. The average molecular weight is 396 g/mol. The Hall–Kier alpha value is -2.70. The Bertz CT molecular complexity index is 884. The van der Waals surface area contributed by atoms with Gasteiger partial charge in [0.05, 0.1) is 6.61 Å². The topological polar surface area (TPSA) is 88.2 Å². The van der Waals surface area contributed by atoms with E-state index in [1.54, 1.807) is 0 Å². The molecule has 2 aliphatic rings. The Labute approximate surface area is 170 Å². The SMILES string of the molecule is O=C(CCc1nnc(-c2ccc(OCC3CCC3)cc2)[nH]c1=O)N1CCCCC1. The van der Waals surface area contributed by atoms with Gasteiger partial charge in [0.25, 0.3) is 5.56 Å². The number of nitrogens with one attached hydrogen (secondary N) is 1. The highest BCUT2D eigenvalue weighted by Crippen LogP contribution is 2.27. The molecule has 1 saturated carbocycles. The van der Waals surface area contributed by atoms with Crippen LogP contribution in [0.25, 0.3) is 11.4 Å². The van der Waals surface area contributed by atoms with Crippen LogP contribution in [0.2, 0.25) is 0 Å². The number of aromatic nitrogens is 3. The van der Waals surface area contributed by atoms with Gasteiger partial charge >= 0.3 is 0 Å². The van der Waals surface area contributed by atoms with Gasteiger partial charge in [-0.05, 0) is 62.3 Å². The third-order valence-electron chi connectivity index (χ3n) is 5.89. The summed E-state index contributed by atoms with van der Waals surface area (Å²) in [6.45, 7) is 2.40. The number of likely N-dealkylation sites (tertiary alicyclic amines) is 1. The second-order valence-corrected chi connectivity index (χ2v) is 8.02. The zero-order chi connectivity index (χ0) is 20.1. The maximum atomic E-state index is 12.4. The largest absolute Gasteiger partial charge is 0.493 e. The number of amides is 1. The summed E-state index contributed by atoms with van der Waals surface area (Å²) >= 11 is 0. The van der Waals surface area contributed by atoms with Gasteiger partial charge in [-0.15, -0.1) is 10.2 Å². The highest BCUT2D eigenvalue weighted by Gasteiger charge is 2.18. The minimum atomic E-state index is -0.285. The van der Waals surface area contributed by atoms with Crippen LogP contribution in [0.15, 0.2) is 29.1 Å². The number of H-pyrrole nitrogens is 1. The monoisotopic (exact) mass is 396 g/mol. The van der Waals surface area contributed by atoms with Crippen LogP contribution in [0.1, 0.15) is 50.6 Å². The van der Waals surface area contributed by atoms with E-state index in [2.05, 4.69) is 15.2 Å². The van der Waals surface area contributed by atoms with Gasteiger partial charge in [-0.25, -0.2) is 0 Å². The molecule has 0 atom stereocenters. The number of aromatic amines is 1. The molecular formula is C22H28N4O3. The molecule has 2 aromatic rings. The lowest BCUT2D eigenvalue weighted by molar-refractivity contribution is -0.132. The lowest BCUT2D eigenvalue weighted by Gasteiger charge is -2.26. The Morgan fingerprint density at radius 2 is 1.83 bits per heavy atom. The van der Waals surface area contributed by atoms with Crippen molar-refractivity contribution >= 4 is 5.91 Å². The van der Waals surface area contributed by atoms with Crippen molar-refractivity contribution in [1.82, 2.24) is 20.1 Å². The second kappa shape index (κ2) is 9.20. The molecule has 1 aromatic heterocycles. The molecule has 0 unspecified atom stereocenters. The molecule has 0 bridgehead atoms. The summed E-state index contributed by atoms with van der Waals surface area (Å²) < 4.78 is 5.80. The smallest absolute Gasteiger partial charge is 0.273 e. The molecule has 29 heavy (non-hydrogen) atoms. The molecule has 4 rings (SSSR count). The van der Waals surface area contributed by atoms with E-state index in [-0.39, 0.29) is 11.5 Å². The van der Waals surface area contributed by atoms with Gasteiger partial charge in [0.15, 0.2) is 5.82 Å². The van der Waals surface area contributed by atoms with Crippen LogP contribution in [0.4, 0.5) is 0 Å². The molecule has 1 aliphatic heterocycles. The van der Waals surface area contributed by atoms with Crippen LogP contribution in [-0.4, -0.2) is 45.7 Å². The van der Waals surface area contributed by atoms with Crippen LogP contribution in [-0.2, 0) is 11.2 Å². The quantitative estimate of drug-likeness (QED) is 0.777. The first-order valence-corrected chi connectivity index (χ1v) is 10.7. The van der Waals surface area contributed by atoms with Crippen LogP contribution in [0.5, 0.6) is 5.75 Å². The predicted molar refractivity (Wildman–Crippen MR) is 110 cm³/mol. The zero-order valence-corrected chi connectivity index (χ0v) is 16.7. The van der Waals surface area contributed by atoms with Gasteiger partial charge in [0.2, 0.25) is 5.91 Å². The van der Waals surface area contributed by atoms with Crippen molar-refractivity contribution in [1.29, 1.82) is 0 Å². The minimum Gasteiger partial charge on any atom is -0.493 e. The highest BCUT2D eigenvalue weighted by molar-refractivity contribution is 5.76. The summed E-state index contributed by atoms with van der Waals surface area (Å²) in [7, 11) is 0. The van der Waals surface area contributed by atoms with Crippen molar-refractivity contribution in [3.05, 3.63) is 40.3 Å². The van der Waals surface area contributed by atoms with E-state index in [1.807, 2.05) is 29.2 Å². The zero-order valence-electron chi connectivity index (χ0n) is 16.7. The highest BCUT2D eigenvalue weighted by atomic mass is 16.5. The average Bonchev–Trinajstić information content (AvgIpc) is 2.72. The van der Waals surface area contributed by atoms with Gasteiger partial charge in [0.1, 0.15) is 11.4 Å². The van der Waals surface area contributed by atoms with Gasteiger partial charge in [-0.1, -0.05) is 6.42 Å². The number of aryl methyl sites for hydroxylation is 1. The molecule has 0 radical (unpaired) electrons. The Balaban J connectivity index is 1.33. The Morgan fingerprint density at radius 1 is 1.07 bits per heavy atom. The molecule has 1 amide bonds. The van der Waals surface area contributed by atoms with Crippen LogP contribution >= 0.6 is 0 Å². The van der Waals surface area contributed by atoms with E-state index < -0.39 is 0 Å². The summed E-state index contributed by atoms with van der Waals surface area (Å²) in [5, 5.41) is 8.23. The number of rotatable bonds is 7. The molecule has 1 aliphatic carbocycles. The summed E-state index contributed by atoms with van der Waals surface area (Å²) in [5.41, 5.74) is 0.799. The molecular weight excluding hydrogens is 368 g/mol. The first-order valence-electron chi connectivity index (χ1n) is 10.7. The predicted octanol–water partition coefficient (Wildman–Crippen LogP) is 2.96. The molecule has 0 spiro atoms. The van der Waals surface area contributed by atoms with Crippen molar-refractivity contribution in [2.75, 3.05) is 19.7 Å². The molecule has 2 heterocycles. The molecule has 1 N–H and O–H groups in total. The first kappa shape index (κ1) is 19.6. The van der Waals surface area contributed by atoms with E-state index in [0.717, 1.165) is 43.9 Å². The fourth-order valence-electron chi connectivity index (χ4n) is 3.76. The molecule has 1 aromatic carbocycles. The summed E-state index contributed by atoms with van der Waals surface area (Å²) in [6, 6.07) is 7.52. The molecule has 7 heteroatoms. The first-order chi connectivity index (χ1) is 14.2. The number of carbonyl (C=O) groups excluding carboxylic acids is 1. The van der Waals surface area contributed by atoms with Crippen molar-refractivity contribution in [3.63, 3.8) is 0 Å². The number of benzene rings is 1. The van der Waals surface area contributed by atoms with Crippen LogP contribution in [0, 0.1) is 5.92 Å². The summed E-state index contributed by atoms with van der Waals surface area (Å²) in [5.74, 6) is 2.02. The number of nitrogens with zero attached hydrogens (tertiary/aromatic N) is 3. The van der Waals surface area contributed by atoms with Crippen LogP contribution in [0.3, 0.4) is 0 Å². The maximum absolute atomic E-state index is 12.4. The summed E-state index contributed by atoms with van der Waals surface area (Å²) in [4.78, 5) is 29.3. The number of hydrogen-bond donors (Lipinski definition) is 1. The lowest BCUT2D eigenvalue weighted by Crippen LogP contribution is -2.36. The van der Waals surface area contributed by atoms with E-state index in [9.17, 15) is 9.59 Å². The van der Waals surface area contributed by atoms with E-state index in [4.69, 9.17) is 4.74 Å². The summed E-state index contributed by atoms with van der Waals surface area (Å²) in [6.07, 6.45) is 7.73. The van der Waals surface area contributed by atoms with Crippen molar-refractivity contribution in [2.24, 2.45) is 5.92 Å². The third-order valence-corrected chi connectivity index (χ3v) is 5.89. The van der Waals surface area contributed by atoms with Crippen molar-refractivity contribution in [3.8, 4) is 17.1 Å². The van der Waals surface area contributed by atoms with E-state index in [0.29, 0.717) is 30.3 Å². The Kier molecular flexibility index (Phi) is 6.22. The van der Waals surface area contributed by atoms with Crippen LogP contribution < -0.4 is 10.3 Å². The molecule has 7 nitrogen and oxygen atoms in total. The fraction of sp³-hybridized carbons (Fsp3) is 0.545. The minimum absolute atomic E-state index is 0.0902. The van der Waals surface area contributed by atoms with E-state index >= 15 is 0 Å². The second-order valence-electron chi connectivity index (χ2n) is 8.02. The number of piperidine rings is 1. The van der Waals surface area contributed by atoms with Gasteiger partial charge in [-0.2, -0.15) is 0 Å². The van der Waals surface area contributed by atoms with Gasteiger partial charge in [-0.3, -0.25) is 9.59 Å². The van der Waals surface area contributed by atoms with Gasteiger partial charge < -0.3 is 14.6 Å². The van der Waals surface area contributed by atoms with Crippen molar-refractivity contribution in [2.45, 2.75) is 51.4 Å². The number of hydrogen-bond acceptors (Lipinski definition) is 5. The molecule has 2 fully saturated rings. The number of ether oxygens (including phenoxy) is 1. The maximum Gasteiger partial charge on any atom is 0.273 e. The van der Waals surface area contributed by atoms with Crippen molar-refractivity contribution < 1.29 is 9.53 Å². The third kappa shape index (κ3) is 5.02.